The van der Waals surface area contributed by atoms with Crippen molar-refractivity contribution in [1.29, 1.82) is 0 Å². The minimum absolute atomic E-state index is 0.0193. The maximum absolute atomic E-state index is 12.5. The molecular formula is C18H20N2O. The number of benzene rings is 2. The van der Waals surface area contributed by atoms with E-state index in [1.54, 1.807) is 12.1 Å². The first-order valence-corrected chi connectivity index (χ1v) is 7.40. The van der Waals surface area contributed by atoms with Crippen molar-refractivity contribution in [2.45, 2.75) is 32.2 Å². The second-order valence-electron chi connectivity index (χ2n) is 5.69. The Kier molecular flexibility index (Phi) is 3.65. The van der Waals surface area contributed by atoms with Gasteiger partial charge in [0.25, 0.3) is 5.91 Å². The predicted molar refractivity (Wildman–Crippen MR) is 85.2 cm³/mol. The summed E-state index contributed by atoms with van der Waals surface area (Å²) in [6.45, 7) is 1.92. The van der Waals surface area contributed by atoms with Gasteiger partial charge in [0, 0.05) is 11.3 Å². The molecule has 3 rings (SSSR count). The van der Waals surface area contributed by atoms with Crippen molar-refractivity contribution in [3.63, 3.8) is 0 Å². The van der Waals surface area contributed by atoms with E-state index in [1.165, 1.54) is 11.1 Å². The van der Waals surface area contributed by atoms with Gasteiger partial charge in [-0.3, -0.25) is 4.79 Å². The molecular weight excluding hydrogens is 260 g/mol. The fourth-order valence-electron chi connectivity index (χ4n) is 3.08. The van der Waals surface area contributed by atoms with Crippen LogP contribution in [0.15, 0.2) is 42.5 Å². The van der Waals surface area contributed by atoms with Crippen molar-refractivity contribution in [1.82, 2.24) is 5.32 Å². The lowest BCUT2D eigenvalue weighted by Crippen LogP contribution is -2.31. The summed E-state index contributed by atoms with van der Waals surface area (Å²) in [5, 5.41) is 3.17. The molecule has 3 heteroatoms. The van der Waals surface area contributed by atoms with Crippen LogP contribution in [0.4, 0.5) is 5.69 Å². The zero-order valence-electron chi connectivity index (χ0n) is 12.2. The van der Waals surface area contributed by atoms with E-state index < -0.39 is 0 Å². The Balaban J connectivity index is 1.83. The Labute approximate surface area is 125 Å². The third kappa shape index (κ3) is 2.77. The van der Waals surface area contributed by atoms with Crippen molar-refractivity contribution in [3.8, 4) is 0 Å². The lowest BCUT2D eigenvalue weighted by Gasteiger charge is -2.26. The Bertz CT molecular complexity index is 679. The highest BCUT2D eigenvalue weighted by atomic mass is 16.1. The standard InChI is InChI=1S/C18H20N2O/c1-12-11-14(19)9-10-15(12)18(21)20-17-8-4-6-13-5-2-3-7-16(13)17/h2-3,5,7,9-11,17H,4,6,8,19H2,1H3,(H,20,21). The van der Waals surface area contributed by atoms with Gasteiger partial charge in [-0.1, -0.05) is 24.3 Å². The number of carbonyl (C=O) groups excluding carboxylic acids is 1. The average molecular weight is 280 g/mol. The summed E-state index contributed by atoms with van der Waals surface area (Å²) in [4.78, 5) is 12.5. The second kappa shape index (κ2) is 5.60. The van der Waals surface area contributed by atoms with Gasteiger partial charge in [0.15, 0.2) is 0 Å². The number of fused-ring (bicyclic) bond motifs is 1. The number of aryl methyl sites for hydroxylation is 2. The first kappa shape index (κ1) is 13.7. The molecule has 1 amide bonds. The molecule has 3 nitrogen and oxygen atoms in total. The Morgan fingerprint density at radius 3 is 2.86 bits per heavy atom. The van der Waals surface area contributed by atoms with Gasteiger partial charge in [-0.15, -0.1) is 0 Å². The Morgan fingerprint density at radius 2 is 2.05 bits per heavy atom. The Morgan fingerprint density at radius 1 is 1.24 bits per heavy atom. The highest BCUT2D eigenvalue weighted by Crippen LogP contribution is 2.29. The van der Waals surface area contributed by atoms with E-state index in [0.717, 1.165) is 24.8 Å². The largest absolute Gasteiger partial charge is 0.399 e. The lowest BCUT2D eigenvalue weighted by atomic mass is 9.87. The molecule has 108 valence electrons. The van der Waals surface area contributed by atoms with E-state index in [0.29, 0.717) is 11.3 Å². The fraction of sp³-hybridized carbons (Fsp3) is 0.278. The van der Waals surface area contributed by atoms with Gasteiger partial charge >= 0.3 is 0 Å². The average Bonchev–Trinajstić information content (AvgIpc) is 2.47. The molecule has 0 fully saturated rings. The van der Waals surface area contributed by atoms with Crippen LogP contribution in [0.25, 0.3) is 0 Å². The number of nitrogen functional groups attached to an aromatic ring is 1. The molecule has 3 N–H and O–H groups in total. The summed E-state index contributed by atoms with van der Waals surface area (Å²) in [6.07, 6.45) is 3.21. The van der Waals surface area contributed by atoms with Crippen LogP contribution in [0.5, 0.6) is 0 Å². The molecule has 1 aliphatic carbocycles. The van der Waals surface area contributed by atoms with Crippen LogP contribution in [0, 0.1) is 6.92 Å². The smallest absolute Gasteiger partial charge is 0.252 e. The topological polar surface area (TPSA) is 55.1 Å². The molecule has 1 atom stereocenters. The van der Waals surface area contributed by atoms with Crippen LogP contribution in [-0.2, 0) is 6.42 Å². The monoisotopic (exact) mass is 280 g/mol. The van der Waals surface area contributed by atoms with Crippen molar-refractivity contribution in [2.75, 3.05) is 5.73 Å². The molecule has 2 aromatic carbocycles. The van der Waals surface area contributed by atoms with Gasteiger partial charge in [0.2, 0.25) is 0 Å². The quantitative estimate of drug-likeness (QED) is 0.829. The summed E-state index contributed by atoms with van der Waals surface area (Å²) >= 11 is 0. The van der Waals surface area contributed by atoms with Gasteiger partial charge < -0.3 is 11.1 Å². The van der Waals surface area contributed by atoms with Crippen LogP contribution in [0.2, 0.25) is 0 Å². The fourth-order valence-corrected chi connectivity index (χ4v) is 3.08. The predicted octanol–water partition coefficient (Wildman–Crippen LogP) is 3.38. The van der Waals surface area contributed by atoms with Gasteiger partial charge in [0.05, 0.1) is 6.04 Å². The van der Waals surface area contributed by atoms with Crippen LogP contribution in [-0.4, -0.2) is 5.91 Å². The molecule has 0 radical (unpaired) electrons. The maximum Gasteiger partial charge on any atom is 0.252 e. The van der Waals surface area contributed by atoms with Gasteiger partial charge in [-0.05, 0) is 61.1 Å². The van der Waals surface area contributed by atoms with Gasteiger partial charge in [-0.25, -0.2) is 0 Å². The van der Waals surface area contributed by atoms with Crippen LogP contribution in [0.1, 0.15) is 45.9 Å². The maximum atomic E-state index is 12.5. The van der Waals surface area contributed by atoms with E-state index >= 15 is 0 Å². The van der Waals surface area contributed by atoms with Crippen LogP contribution in [0.3, 0.4) is 0 Å². The first-order valence-electron chi connectivity index (χ1n) is 7.40. The number of anilines is 1. The van der Waals surface area contributed by atoms with E-state index in [1.807, 2.05) is 19.1 Å². The summed E-state index contributed by atoms with van der Waals surface area (Å²) < 4.78 is 0. The van der Waals surface area contributed by atoms with Crippen molar-refractivity contribution >= 4 is 11.6 Å². The van der Waals surface area contributed by atoms with Gasteiger partial charge in [0.1, 0.15) is 0 Å². The molecule has 21 heavy (non-hydrogen) atoms. The molecule has 0 aromatic heterocycles. The lowest BCUT2D eigenvalue weighted by molar-refractivity contribution is 0.0932. The first-order chi connectivity index (χ1) is 10.1. The molecule has 0 saturated heterocycles. The summed E-state index contributed by atoms with van der Waals surface area (Å²) in [6, 6.07) is 13.9. The molecule has 1 aliphatic rings. The zero-order valence-corrected chi connectivity index (χ0v) is 12.2. The van der Waals surface area contributed by atoms with E-state index in [2.05, 4.69) is 23.5 Å². The number of hydrogen-bond donors (Lipinski definition) is 2. The van der Waals surface area contributed by atoms with E-state index in [-0.39, 0.29) is 11.9 Å². The van der Waals surface area contributed by atoms with Crippen LogP contribution >= 0.6 is 0 Å². The molecule has 1 unspecified atom stereocenters. The number of rotatable bonds is 2. The molecule has 0 spiro atoms. The third-order valence-electron chi connectivity index (χ3n) is 4.17. The third-order valence-corrected chi connectivity index (χ3v) is 4.17. The molecule has 2 aromatic rings. The highest BCUT2D eigenvalue weighted by molar-refractivity contribution is 5.96. The van der Waals surface area contributed by atoms with Crippen molar-refractivity contribution in [2.24, 2.45) is 0 Å². The molecule has 0 heterocycles. The number of nitrogens with two attached hydrogens (primary N) is 1. The minimum Gasteiger partial charge on any atom is -0.399 e. The van der Waals surface area contributed by atoms with E-state index in [4.69, 9.17) is 5.73 Å². The number of nitrogens with one attached hydrogen (secondary N) is 1. The second-order valence-corrected chi connectivity index (χ2v) is 5.69. The number of amides is 1. The minimum atomic E-state index is -0.0193. The zero-order chi connectivity index (χ0) is 14.8. The van der Waals surface area contributed by atoms with E-state index in [9.17, 15) is 4.79 Å². The van der Waals surface area contributed by atoms with Gasteiger partial charge in [-0.2, -0.15) is 0 Å². The summed E-state index contributed by atoms with van der Waals surface area (Å²) in [5.41, 5.74) is 10.7. The Hall–Kier alpha value is -2.29. The molecule has 0 bridgehead atoms. The van der Waals surface area contributed by atoms with Crippen molar-refractivity contribution in [3.05, 3.63) is 64.7 Å². The molecule has 0 saturated carbocycles. The van der Waals surface area contributed by atoms with Crippen LogP contribution < -0.4 is 11.1 Å². The SMILES string of the molecule is Cc1cc(N)ccc1C(=O)NC1CCCc2ccccc21. The normalized spacial score (nSPS) is 17.1. The van der Waals surface area contributed by atoms with Crippen molar-refractivity contribution < 1.29 is 4.79 Å². The number of hydrogen-bond acceptors (Lipinski definition) is 2. The summed E-state index contributed by atoms with van der Waals surface area (Å²) in [5.74, 6) is -0.0193. The summed E-state index contributed by atoms with van der Waals surface area (Å²) in [7, 11) is 0. The molecule has 0 aliphatic heterocycles. The highest BCUT2D eigenvalue weighted by Gasteiger charge is 2.22. The number of carbonyl (C=O) groups is 1.